The Hall–Kier alpha value is -0.0800. The lowest BCUT2D eigenvalue weighted by molar-refractivity contribution is 0.0928. The van der Waals surface area contributed by atoms with E-state index in [9.17, 15) is 0 Å². The Morgan fingerprint density at radius 2 is 1.92 bits per heavy atom. The molecule has 0 amide bonds. The summed E-state index contributed by atoms with van der Waals surface area (Å²) in [6.45, 7) is 11.7. The van der Waals surface area contributed by atoms with Crippen molar-refractivity contribution in [1.29, 1.82) is 0 Å². The van der Waals surface area contributed by atoms with E-state index in [4.69, 9.17) is 0 Å². The molecule has 1 aliphatic heterocycles. The van der Waals surface area contributed by atoms with Gasteiger partial charge in [-0.3, -0.25) is 4.90 Å². The van der Waals surface area contributed by atoms with Crippen molar-refractivity contribution in [3.05, 3.63) is 0 Å². The van der Waals surface area contributed by atoms with E-state index in [-0.39, 0.29) is 0 Å². The number of nitrogens with zero attached hydrogens (tertiary/aromatic N) is 1. The third kappa shape index (κ3) is 1.89. The van der Waals surface area contributed by atoms with Gasteiger partial charge in [-0.1, -0.05) is 6.92 Å². The van der Waals surface area contributed by atoms with Crippen LogP contribution in [0.1, 0.15) is 34.1 Å². The van der Waals surface area contributed by atoms with Crippen LogP contribution in [-0.2, 0) is 0 Å². The van der Waals surface area contributed by atoms with Crippen LogP contribution in [-0.4, -0.2) is 35.6 Å². The maximum Gasteiger partial charge on any atom is 0.0253 e. The Morgan fingerprint density at radius 1 is 1.31 bits per heavy atom. The zero-order chi connectivity index (χ0) is 9.64. The third-order valence-electron chi connectivity index (χ3n) is 3.51. The van der Waals surface area contributed by atoms with Crippen LogP contribution in [0.15, 0.2) is 0 Å². The zero-order valence-electron chi connectivity index (χ0n) is 9.30. The highest BCUT2D eigenvalue weighted by Gasteiger charge is 2.43. The van der Waals surface area contributed by atoms with E-state index >= 15 is 0 Å². The summed E-state index contributed by atoms with van der Waals surface area (Å²) in [6, 6.07) is 1.61. The molecule has 0 aromatic carbocycles. The van der Waals surface area contributed by atoms with Gasteiger partial charge in [0.2, 0.25) is 0 Å². The molecule has 2 aliphatic rings. The standard InChI is InChI=1S/C11H22N2/c1-8-5-10(8)13-7-11(3,4)12-6-9(13)2/h8-10,12H,5-7H2,1-4H3. The molecule has 0 radical (unpaired) electrons. The Kier molecular flexibility index (Phi) is 2.16. The Bertz CT molecular complexity index is 198. The van der Waals surface area contributed by atoms with Gasteiger partial charge in [-0.05, 0) is 33.1 Å². The zero-order valence-corrected chi connectivity index (χ0v) is 9.30. The molecule has 1 aliphatic carbocycles. The summed E-state index contributed by atoms with van der Waals surface area (Å²) in [5.41, 5.74) is 0.314. The van der Waals surface area contributed by atoms with Gasteiger partial charge >= 0.3 is 0 Å². The van der Waals surface area contributed by atoms with Gasteiger partial charge in [-0.2, -0.15) is 0 Å². The van der Waals surface area contributed by atoms with E-state index in [1.165, 1.54) is 13.0 Å². The summed E-state index contributed by atoms with van der Waals surface area (Å²) < 4.78 is 0. The van der Waals surface area contributed by atoms with E-state index in [2.05, 4.69) is 37.9 Å². The van der Waals surface area contributed by atoms with Gasteiger partial charge in [-0.15, -0.1) is 0 Å². The smallest absolute Gasteiger partial charge is 0.0253 e. The van der Waals surface area contributed by atoms with E-state index in [0.717, 1.165) is 24.5 Å². The Labute approximate surface area is 81.7 Å². The van der Waals surface area contributed by atoms with Crippen molar-refractivity contribution >= 4 is 0 Å². The predicted octanol–water partition coefficient (Wildman–Crippen LogP) is 1.47. The molecule has 3 unspecified atom stereocenters. The minimum atomic E-state index is 0.314. The number of nitrogens with one attached hydrogen (secondary N) is 1. The maximum atomic E-state index is 3.59. The van der Waals surface area contributed by atoms with E-state index in [0.29, 0.717) is 5.54 Å². The average Bonchev–Trinajstić information content (AvgIpc) is 2.73. The highest BCUT2D eigenvalue weighted by Crippen LogP contribution is 2.37. The van der Waals surface area contributed by atoms with Crippen molar-refractivity contribution in [3.8, 4) is 0 Å². The van der Waals surface area contributed by atoms with Crippen LogP contribution in [0.25, 0.3) is 0 Å². The molecule has 2 fully saturated rings. The van der Waals surface area contributed by atoms with Gasteiger partial charge in [-0.25, -0.2) is 0 Å². The molecule has 1 heterocycles. The van der Waals surface area contributed by atoms with Crippen LogP contribution in [0, 0.1) is 5.92 Å². The predicted molar refractivity (Wildman–Crippen MR) is 55.8 cm³/mol. The van der Waals surface area contributed by atoms with Gasteiger partial charge in [0.25, 0.3) is 0 Å². The largest absolute Gasteiger partial charge is 0.309 e. The highest BCUT2D eigenvalue weighted by molar-refractivity contribution is 5.00. The van der Waals surface area contributed by atoms with Gasteiger partial charge < -0.3 is 5.32 Å². The molecule has 2 heteroatoms. The highest BCUT2D eigenvalue weighted by atomic mass is 15.3. The minimum Gasteiger partial charge on any atom is -0.309 e. The Balaban J connectivity index is 1.99. The first kappa shape index (κ1) is 9.47. The molecule has 13 heavy (non-hydrogen) atoms. The monoisotopic (exact) mass is 182 g/mol. The molecule has 1 saturated carbocycles. The van der Waals surface area contributed by atoms with Crippen LogP contribution >= 0.6 is 0 Å². The summed E-state index contributed by atoms with van der Waals surface area (Å²) in [5, 5.41) is 3.59. The lowest BCUT2D eigenvalue weighted by Gasteiger charge is -2.43. The van der Waals surface area contributed by atoms with Gasteiger partial charge in [0.1, 0.15) is 0 Å². The quantitative estimate of drug-likeness (QED) is 0.660. The second-order valence-corrected chi connectivity index (χ2v) is 5.57. The van der Waals surface area contributed by atoms with Gasteiger partial charge in [0, 0.05) is 30.7 Å². The fourth-order valence-corrected chi connectivity index (χ4v) is 2.42. The number of hydrogen-bond donors (Lipinski definition) is 1. The molecule has 2 rings (SSSR count). The molecule has 3 atom stereocenters. The van der Waals surface area contributed by atoms with Crippen LogP contribution in [0.3, 0.4) is 0 Å². The lowest BCUT2D eigenvalue weighted by Crippen LogP contribution is -2.61. The second-order valence-electron chi connectivity index (χ2n) is 5.57. The summed E-state index contributed by atoms with van der Waals surface area (Å²) in [4.78, 5) is 2.70. The molecule has 2 nitrogen and oxygen atoms in total. The number of rotatable bonds is 1. The summed E-state index contributed by atoms with van der Waals surface area (Å²) in [5.74, 6) is 0.941. The molecule has 0 spiro atoms. The van der Waals surface area contributed by atoms with Crippen LogP contribution in [0.4, 0.5) is 0 Å². The third-order valence-corrected chi connectivity index (χ3v) is 3.51. The van der Waals surface area contributed by atoms with Crippen LogP contribution < -0.4 is 5.32 Å². The molecule has 1 saturated heterocycles. The van der Waals surface area contributed by atoms with E-state index in [1.807, 2.05) is 0 Å². The average molecular weight is 182 g/mol. The van der Waals surface area contributed by atoms with Crippen molar-refractivity contribution in [2.45, 2.75) is 51.7 Å². The normalized spacial score (nSPS) is 44.8. The van der Waals surface area contributed by atoms with E-state index in [1.54, 1.807) is 0 Å². The summed E-state index contributed by atoms with van der Waals surface area (Å²) >= 11 is 0. The van der Waals surface area contributed by atoms with Crippen molar-refractivity contribution in [1.82, 2.24) is 10.2 Å². The fourth-order valence-electron chi connectivity index (χ4n) is 2.42. The Morgan fingerprint density at radius 3 is 2.46 bits per heavy atom. The molecule has 76 valence electrons. The topological polar surface area (TPSA) is 15.3 Å². The molecular weight excluding hydrogens is 160 g/mol. The van der Waals surface area contributed by atoms with Gasteiger partial charge in [0.15, 0.2) is 0 Å². The first-order valence-corrected chi connectivity index (χ1v) is 5.50. The molecular formula is C11H22N2. The number of piperazine rings is 1. The molecule has 0 aromatic rings. The molecule has 1 N–H and O–H groups in total. The van der Waals surface area contributed by atoms with Crippen LogP contribution in [0.2, 0.25) is 0 Å². The van der Waals surface area contributed by atoms with E-state index < -0.39 is 0 Å². The summed E-state index contributed by atoms with van der Waals surface area (Å²) in [6.07, 6.45) is 1.42. The van der Waals surface area contributed by atoms with Crippen molar-refractivity contribution in [2.24, 2.45) is 5.92 Å². The van der Waals surface area contributed by atoms with Crippen molar-refractivity contribution in [2.75, 3.05) is 13.1 Å². The summed E-state index contributed by atoms with van der Waals surface area (Å²) in [7, 11) is 0. The molecule has 0 aromatic heterocycles. The SMILES string of the molecule is CC1CC1N1CC(C)(C)NCC1C. The fraction of sp³-hybridized carbons (Fsp3) is 1.00. The first-order chi connectivity index (χ1) is 5.99. The lowest BCUT2D eigenvalue weighted by atomic mass is 9.99. The van der Waals surface area contributed by atoms with Crippen molar-refractivity contribution < 1.29 is 0 Å². The van der Waals surface area contributed by atoms with Crippen molar-refractivity contribution in [3.63, 3.8) is 0 Å². The van der Waals surface area contributed by atoms with Gasteiger partial charge in [0.05, 0.1) is 0 Å². The molecule has 0 bridgehead atoms. The first-order valence-electron chi connectivity index (χ1n) is 5.50. The number of hydrogen-bond acceptors (Lipinski definition) is 2. The van der Waals surface area contributed by atoms with Crippen LogP contribution in [0.5, 0.6) is 0 Å². The second kappa shape index (κ2) is 2.96. The maximum absolute atomic E-state index is 3.59. The minimum absolute atomic E-state index is 0.314.